The number of aromatic carboxylic acids is 1. The molecular weight excluding hydrogens is 271 g/mol. The lowest BCUT2D eigenvalue weighted by Gasteiger charge is -2.42. The summed E-state index contributed by atoms with van der Waals surface area (Å²) in [6.07, 6.45) is 2.45. The predicted molar refractivity (Wildman–Crippen MR) is 77.8 cm³/mol. The second-order valence-corrected chi connectivity index (χ2v) is 6.15. The summed E-state index contributed by atoms with van der Waals surface area (Å²) in [6.45, 7) is 5.78. The summed E-state index contributed by atoms with van der Waals surface area (Å²) in [4.78, 5) is 15.8. The number of piperazine rings is 1. The van der Waals surface area contributed by atoms with E-state index in [-0.39, 0.29) is 5.56 Å². The molecule has 5 heteroatoms. The van der Waals surface area contributed by atoms with E-state index < -0.39 is 11.8 Å². The minimum absolute atomic E-state index is 0.236. The van der Waals surface area contributed by atoms with Crippen LogP contribution in [0.4, 0.5) is 4.39 Å². The monoisotopic (exact) mass is 292 g/mol. The largest absolute Gasteiger partial charge is 0.478 e. The summed E-state index contributed by atoms with van der Waals surface area (Å²) in [5.74, 6) is -1.80. The number of nitrogens with zero attached hydrogens (tertiary/aromatic N) is 2. The van der Waals surface area contributed by atoms with Crippen molar-refractivity contribution in [3.8, 4) is 0 Å². The first kappa shape index (κ1) is 14.5. The fourth-order valence-electron chi connectivity index (χ4n) is 3.55. The molecule has 0 bridgehead atoms. The molecule has 2 unspecified atom stereocenters. The van der Waals surface area contributed by atoms with E-state index in [1.54, 1.807) is 12.1 Å². The third-order valence-electron chi connectivity index (χ3n) is 4.75. The molecule has 2 heterocycles. The van der Waals surface area contributed by atoms with E-state index in [2.05, 4.69) is 16.7 Å². The average molecular weight is 292 g/mol. The lowest BCUT2D eigenvalue weighted by atomic mass is 10.0. The molecule has 1 N–H and O–H groups in total. The van der Waals surface area contributed by atoms with Crippen LogP contribution in [-0.4, -0.2) is 52.6 Å². The Bertz CT molecular complexity index is 549. The minimum atomic E-state index is -1.21. The summed E-state index contributed by atoms with van der Waals surface area (Å²) in [6, 6.07) is 5.58. The average Bonchev–Trinajstić information content (AvgIpc) is 2.88. The maximum Gasteiger partial charge on any atom is 0.338 e. The number of rotatable bonds is 3. The molecule has 2 fully saturated rings. The predicted octanol–water partition coefficient (Wildman–Crippen LogP) is 2.19. The number of carboxylic acid groups (broad SMARTS) is 1. The van der Waals surface area contributed by atoms with Gasteiger partial charge in [-0.3, -0.25) is 9.80 Å². The molecule has 1 aromatic carbocycles. The molecule has 3 rings (SSSR count). The maximum absolute atomic E-state index is 14.3. The van der Waals surface area contributed by atoms with Crippen molar-refractivity contribution in [2.45, 2.75) is 38.4 Å². The molecule has 1 aromatic rings. The molecule has 2 atom stereocenters. The Morgan fingerprint density at radius 1 is 1.43 bits per heavy atom. The van der Waals surface area contributed by atoms with Crippen molar-refractivity contribution in [1.82, 2.24) is 9.80 Å². The van der Waals surface area contributed by atoms with E-state index in [0.717, 1.165) is 13.1 Å². The van der Waals surface area contributed by atoms with Crippen LogP contribution in [0.1, 0.15) is 35.7 Å². The molecule has 2 aliphatic heterocycles. The second-order valence-electron chi connectivity index (χ2n) is 6.15. The fraction of sp³-hybridized carbons (Fsp3) is 0.562. The number of benzene rings is 1. The van der Waals surface area contributed by atoms with Gasteiger partial charge in [-0.15, -0.1) is 0 Å². The van der Waals surface area contributed by atoms with Crippen LogP contribution < -0.4 is 0 Å². The highest BCUT2D eigenvalue weighted by Gasteiger charge is 2.34. The van der Waals surface area contributed by atoms with E-state index >= 15 is 0 Å². The standard InChI is InChI=1S/C16H21FN2O2/c1-11-8-18-7-3-5-13(18)10-19(11)9-12-4-2-6-14(15(12)17)16(20)21/h2,4,6,11,13H,3,5,7-10H2,1H3,(H,20,21). The molecule has 0 radical (unpaired) electrons. The van der Waals surface area contributed by atoms with Crippen LogP contribution in [0.3, 0.4) is 0 Å². The van der Waals surface area contributed by atoms with Crippen molar-refractivity contribution < 1.29 is 14.3 Å². The quantitative estimate of drug-likeness (QED) is 0.927. The minimum Gasteiger partial charge on any atom is -0.478 e. The van der Waals surface area contributed by atoms with Gasteiger partial charge in [0.1, 0.15) is 5.82 Å². The van der Waals surface area contributed by atoms with Gasteiger partial charge in [-0.2, -0.15) is 0 Å². The van der Waals surface area contributed by atoms with Gasteiger partial charge in [0.05, 0.1) is 5.56 Å². The molecule has 0 aliphatic carbocycles. The molecular formula is C16H21FN2O2. The Morgan fingerprint density at radius 3 is 3.00 bits per heavy atom. The lowest BCUT2D eigenvalue weighted by molar-refractivity contribution is 0.0531. The van der Waals surface area contributed by atoms with Crippen LogP contribution in [0.2, 0.25) is 0 Å². The van der Waals surface area contributed by atoms with Crippen LogP contribution >= 0.6 is 0 Å². The van der Waals surface area contributed by atoms with Crippen molar-refractivity contribution in [2.24, 2.45) is 0 Å². The Kier molecular flexibility index (Phi) is 3.95. The molecule has 114 valence electrons. The zero-order valence-corrected chi connectivity index (χ0v) is 12.3. The van der Waals surface area contributed by atoms with Gasteiger partial charge in [-0.1, -0.05) is 12.1 Å². The Morgan fingerprint density at radius 2 is 2.24 bits per heavy atom. The van der Waals surface area contributed by atoms with E-state index in [1.807, 2.05) is 0 Å². The number of halogens is 1. The first-order valence-corrected chi connectivity index (χ1v) is 7.55. The van der Waals surface area contributed by atoms with Gasteiger partial charge in [-0.25, -0.2) is 9.18 Å². The van der Waals surface area contributed by atoms with Crippen molar-refractivity contribution in [1.29, 1.82) is 0 Å². The number of carboxylic acids is 1. The highest BCUT2D eigenvalue weighted by Crippen LogP contribution is 2.26. The smallest absolute Gasteiger partial charge is 0.338 e. The molecule has 2 saturated heterocycles. The van der Waals surface area contributed by atoms with E-state index in [1.165, 1.54) is 25.5 Å². The Labute approximate surface area is 124 Å². The van der Waals surface area contributed by atoms with Crippen molar-refractivity contribution in [3.05, 3.63) is 35.1 Å². The van der Waals surface area contributed by atoms with Crippen LogP contribution in [0.15, 0.2) is 18.2 Å². The molecule has 0 spiro atoms. The second kappa shape index (κ2) is 5.73. The van der Waals surface area contributed by atoms with Crippen LogP contribution in [0.25, 0.3) is 0 Å². The number of carbonyl (C=O) groups is 1. The highest BCUT2D eigenvalue weighted by molar-refractivity contribution is 5.88. The number of hydrogen-bond acceptors (Lipinski definition) is 3. The number of hydrogen-bond donors (Lipinski definition) is 1. The van der Waals surface area contributed by atoms with Gasteiger partial charge < -0.3 is 5.11 Å². The lowest BCUT2D eigenvalue weighted by Crippen LogP contribution is -2.54. The zero-order chi connectivity index (χ0) is 15.0. The molecule has 4 nitrogen and oxygen atoms in total. The number of fused-ring (bicyclic) bond motifs is 1. The summed E-state index contributed by atoms with van der Waals surface area (Å²) in [5, 5.41) is 9.01. The van der Waals surface area contributed by atoms with Crippen molar-refractivity contribution in [3.63, 3.8) is 0 Å². The molecule has 21 heavy (non-hydrogen) atoms. The molecule has 0 saturated carbocycles. The fourth-order valence-corrected chi connectivity index (χ4v) is 3.55. The van der Waals surface area contributed by atoms with Crippen molar-refractivity contribution in [2.75, 3.05) is 19.6 Å². The van der Waals surface area contributed by atoms with E-state index in [4.69, 9.17) is 5.11 Å². The topological polar surface area (TPSA) is 43.8 Å². The normalized spacial score (nSPS) is 26.8. The van der Waals surface area contributed by atoms with E-state index in [9.17, 15) is 9.18 Å². The first-order chi connectivity index (χ1) is 10.1. The van der Waals surface area contributed by atoms with E-state index in [0.29, 0.717) is 24.2 Å². The molecule has 2 aliphatic rings. The SMILES string of the molecule is CC1CN2CCCC2CN1Cc1cccc(C(=O)O)c1F. The van der Waals surface area contributed by atoms with Gasteiger partial charge >= 0.3 is 5.97 Å². The Hall–Kier alpha value is -1.46. The van der Waals surface area contributed by atoms with Gasteiger partial charge in [0.15, 0.2) is 0 Å². The van der Waals surface area contributed by atoms with Crippen LogP contribution in [0.5, 0.6) is 0 Å². The molecule has 0 amide bonds. The molecule has 0 aromatic heterocycles. The summed E-state index contributed by atoms with van der Waals surface area (Å²) in [7, 11) is 0. The zero-order valence-electron chi connectivity index (χ0n) is 12.3. The van der Waals surface area contributed by atoms with Crippen LogP contribution in [0, 0.1) is 5.82 Å². The van der Waals surface area contributed by atoms with Gasteiger partial charge in [0, 0.05) is 37.3 Å². The van der Waals surface area contributed by atoms with Gasteiger partial charge in [0.25, 0.3) is 0 Å². The highest BCUT2D eigenvalue weighted by atomic mass is 19.1. The maximum atomic E-state index is 14.3. The van der Waals surface area contributed by atoms with Crippen molar-refractivity contribution >= 4 is 5.97 Å². The third-order valence-corrected chi connectivity index (χ3v) is 4.75. The first-order valence-electron chi connectivity index (χ1n) is 7.55. The Balaban J connectivity index is 1.77. The third kappa shape index (κ3) is 2.80. The van der Waals surface area contributed by atoms with Gasteiger partial charge in [0.2, 0.25) is 0 Å². The summed E-state index contributed by atoms with van der Waals surface area (Å²) >= 11 is 0. The summed E-state index contributed by atoms with van der Waals surface area (Å²) < 4.78 is 14.3. The van der Waals surface area contributed by atoms with Crippen LogP contribution in [-0.2, 0) is 6.54 Å². The van der Waals surface area contributed by atoms with Gasteiger partial charge in [-0.05, 0) is 32.4 Å². The summed E-state index contributed by atoms with van der Waals surface area (Å²) in [5.41, 5.74) is 0.243.